The van der Waals surface area contributed by atoms with Gasteiger partial charge in [-0.3, -0.25) is 4.79 Å². The standard InChI is InChI=1S/C20H27N3O2/c1-2-3-12-25-13-6-10-22-20(24)19(14-21)16-23-11-9-17-7-4-5-8-18(17)15-23/h4-5,7-8,16H,2-3,6,9-13,15H2,1H3,(H,22,24)/b19-16-. The molecule has 1 N–H and O–H groups in total. The van der Waals surface area contributed by atoms with Gasteiger partial charge in [-0.15, -0.1) is 0 Å². The summed E-state index contributed by atoms with van der Waals surface area (Å²) in [6.45, 7) is 5.60. The highest BCUT2D eigenvalue weighted by Crippen LogP contribution is 2.19. The van der Waals surface area contributed by atoms with E-state index < -0.39 is 0 Å². The fraction of sp³-hybridized carbons (Fsp3) is 0.500. The third-order valence-corrected chi connectivity index (χ3v) is 4.23. The number of ether oxygens (including phenoxy) is 1. The highest BCUT2D eigenvalue weighted by molar-refractivity contribution is 5.97. The lowest BCUT2D eigenvalue weighted by atomic mass is 10.0. The van der Waals surface area contributed by atoms with E-state index in [-0.39, 0.29) is 11.5 Å². The molecule has 1 aliphatic heterocycles. The maximum Gasteiger partial charge on any atom is 0.263 e. The van der Waals surface area contributed by atoms with Gasteiger partial charge in [-0.05, 0) is 30.4 Å². The Morgan fingerprint density at radius 2 is 2.08 bits per heavy atom. The molecular formula is C20H27N3O2. The molecule has 1 aromatic carbocycles. The van der Waals surface area contributed by atoms with Crippen LogP contribution in [0.1, 0.15) is 37.3 Å². The van der Waals surface area contributed by atoms with Crippen molar-refractivity contribution in [3.05, 3.63) is 47.2 Å². The molecule has 2 rings (SSSR count). The number of hydrogen-bond acceptors (Lipinski definition) is 4. The average Bonchev–Trinajstić information content (AvgIpc) is 2.65. The molecule has 0 unspecified atom stereocenters. The lowest BCUT2D eigenvalue weighted by Gasteiger charge is -2.27. The smallest absolute Gasteiger partial charge is 0.263 e. The van der Waals surface area contributed by atoms with Crippen LogP contribution in [0.4, 0.5) is 0 Å². The Kier molecular flexibility index (Phi) is 8.00. The molecule has 134 valence electrons. The van der Waals surface area contributed by atoms with E-state index in [1.54, 1.807) is 6.20 Å². The molecule has 5 nitrogen and oxygen atoms in total. The average molecular weight is 341 g/mol. The van der Waals surface area contributed by atoms with Crippen LogP contribution in [0.2, 0.25) is 0 Å². The van der Waals surface area contributed by atoms with E-state index in [1.807, 2.05) is 23.1 Å². The second kappa shape index (κ2) is 10.5. The second-order valence-corrected chi connectivity index (χ2v) is 6.22. The van der Waals surface area contributed by atoms with Crippen LogP contribution in [0.15, 0.2) is 36.0 Å². The lowest BCUT2D eigenvalue weighted by molar-refractivity contribution is -0.117. The molecule has 1 aromatic rings. The van der Waals surface area contributed by atoms with Crippen molar-refractivity contribution in [2.75, 3.05) is 26.3 Å². The van der Waals surface area contributed by atoms with E-state index in [2.05, 4.69) is 24.4 Å². The number of amides is 1. The van der Waals surface area contributed by atoms with Crippen LogP contribution in [-0.4, -0.2) is 37.1 Å². The van der Waals surface area contributed by atoms with E-state index in [1.165, 1.54) is 11.1 Å². The van der Waals surface area contributed by atoms with Gasteiger partial charge in [0.25, 0.3) is 5.91 Å². The van der Waals surface area contributed by atoms with Gasteiger partial charge >= 0.3 is 0 Å². The first-order valence-corrected chi connectivity index (χ1v) is 9.03. The highest BCUT2D eigenvalue weighted by Gasteiger charge is 2.16. The van der Waals surface area contributed by atoms with Crippen molar-refractivity contribution in [1.29, 1.82) is 5.26 Å². The summed E-state index contributed by atoms with van der Waals surface area (Å²) in [6, 6.07) is 10.3. The molecule has 1 aliphatic rings. The first-order chi connectivity index (χ1) is 12.2. The summed E-state index contributed by atoms with van der Waals surface area (Å²) in [5.74, 6) is -0.310. The molecule has 0 saturated carbocycles. The molecule has 0 aliphatic carbocycles. The predicted molar refractivity (Wildman–Crippen MR) is 97.6 cm³/mol. The van der Waals surface area contributed by atoms with Crippen LogP contribution in [0.3, 0.4) is 0 Å². The minimum atomic E-state index is -0.310. The first kappa shape index (κ1) is 19.0. The maximum absolute atomic E-state index is 12.2. The number of carbonyl (C=O) groups is 1. The summed E-state index contributed by atoms with van der Waals surface area (Å²) in [5, 5.41) is 12.1. The number of nitrogens with zero attached hydrogens (tertiary/aromatic N) is 2. The molecule has 0 aromatic heterocycles. The van der Waals surface area contributed by atoms with Crippen LogP contribution in [0.25, 0.3) is 0 Å². The van der Waals surface area contributed by atoms with E-state index in [4.69, 9.17) is 4.74 Å². The number of hydrogen-bond donors (Lipinski definition) is 1. The zero-order valence-electron chi connectivity index (χ0n) is 15.0. The zero-order chi connectivity index (χ0) is 17.9. The molecule has 0 bridgehead atoms. The molecule has 1 amide bonds. The molecule has 5 heteroatoms. The number of rotatable bonds is 9. The van der Waals surface area contributed by atoms with Gasteiger partial charge in [0.05, 0.1) is 0 Å². The van der Waals surface area contributed by atoms with E-state index in [0.29, 0.717) is 13.2 Å². The topological polar surface area (TPSA) is 65.4 Å². The number of fused-ring (bicyclic) bond motifs is 1. The van der Waals surface area contributed by atoms with Crippen molar-refractivity contribution in [3.63, 3.8) is 0 Å². The Hall–Kier alpha value is -2.32. The monoisotopic (exact) mass is 341 g/mol. The lowest BCUT2D eigenvalue weighted by Crippen LogP contribution is -2.30. The molecule has 0 radical (unpaired) electrons. The first-order valence-electron chi connectivity index (χ1n) is 9.03. The van der Waals surface area contributed by atoms with E-state index >= 15 is 0 Å². The summed E-state index contributed by atoms with van der Waals surface area (Å²) >= 11 is 0. The van der Waals surface area contributed by atoms with Crippen molar-refractivity contribution < 1.29 is 9.53 Å². The van der Waals surface area contributed by atoms with E-state index in [0.717, 1.165) is 45.4 Å². The summed E-state index contributed by atoms with van der Waals surface area (Å²) in [5.41, 5.74) is 2.76. The van der Waals surface area contributed by atoms with Gasteiger partial charge in [0.15, 0.2) is 0 Å². The second-order valence-electron chi connectivity index (χ2n) is 6.22. The van der Waals surface area contributed by atoms with Crippen molar-refractivity contribution in [1.82, 2.24) is 10.2 Å². The van der Waals surface area contributed by atoms with Gasteiger partial charge in [0.1, 0.15) is 11.6 Å². The van der Waals surface area contributed by atoms with Crippen LogP contribution in [0, 0.1) is 11.3 Å². The van der Waals surface area contributed by atoms with Gasteiger partial charge in [0, 0.05) is 39.0 Å². The number of benzene rings is 1. The van der Waals surface area contributed by atoms with Gasteiger partial charge in [-0.25, -0.2) is 0 Å². The Morgan fingerprint density at radius 3 is 2.84 bits per heavy atom. The van der Waals surface area contributed by atoms with Gasteiger partial charge in [-0.2, -0.15) is 5.26 Å². The normalized spacial score (nSPS) is 13.9. The summed E-state index contributed by atoms with van der Waals surface area (Å²) in [6.07, 6.45) is 5.55. The van der Waals surface area contributed by atoms with Crippen LogP contribution in [0.5, 0.6) is 0 Å². The Labute approximate surface area is 150 Å². The van der Waals surface area contributed by atoms with Crippen molar-refractivity contribution in [2.24, 2.45) is 0 Å². The number of unbranched alkanes of at least 4 members (excludes halogenated alkanes) is 1. The summed E-state index contributed by atoms with van der Waals surface area (Å²) in [4.78, 5) is 14.2. The number of nitriles is 1. The highest BCUT2D eigenvalue weighted by atomic mass is 16.5. The number of carbonyl (C=O) groups excluding carboxylic acids is 1. The Bertz CT molecular complexity index is 634. The van der Waals surface area contributed by atoms with Crippen LogP contribution >= 0.6 is 0 Å². The molecule has 0 atom stereocenters. The summed E-state index contributed by atoms with van der Waals surface area (Å²) < 4.78 is 5.46. The largest absolute Gasteiger partial charge is 0.381 e. The minimum absolute atomic E-state index is 0.159. The van der Waals surface area contributed by atoms with Crippen molar-refractivity contribution in [2.45, 2.75) is 39.2 Å². The molecule has 25 heavy (non-hydrogen) atoms. The maximum atomic E-state index is 12.2. The molecule has 0 fully saturated rings. The molecular weight excluding hydrogens is 314 g/mol. The number of nitrogens with one attached hydrogen (secondary N) is 1. The van der Waals surface area contributed by atoms with Gasteiger partial charge in [-0.1, -0.05) is 37.6 Å². The summed E-state index contributed by atoms with van der Waals surface area (Å²) in [7, 11) is 0. The van der Waals surface area contributed by atoms with Crippen LogP contribution < -0.4 is 5.32 Å². The van der Waals surface area contributed by atoms with E-state index in [9.17, 15) is 10.1 Å². The van der Waals surface area contributed by atoms with Gasteiger partial charge < -0.3 is 15.0 Å². The fourth-order valence-electron chi connectivity index (χ4n) is 2.77. The van der Waals surface area contributed by atoms with Gasteiger partial charge in [0.2, 0.25) is 0 Å². The van der Waals surface area contributed by atoms with Crippen molar-refractivity contribution >= 4 is 5.91 Å². The predicted octanol–water partition coefficient (Wildman–Crippen LogP) is 2.78. The Balaban J connectivity index is 1.78. The molecule has 0 spiro atoms. The zero-order valence-corrected chi connectivity index (χ0v) is 15.0. The third kappa shape index (κ3) is 6.24. The van der Waals surface area contributed by atoms with Crippen molar-refractivity contribution in [3.8, 4) is 6.07 Å². The fourth-order valence-corrected chi connectivity index (χ4v) is 2.77. The molecule has 1 heterocycles. The van der Waals surface area contributed by atoms with Crippen LogP contribution in [-0.2, 0) is 22.5 Å². The quantitative estimate of drug-likeness (QED) is 0.426. The SMILES string of the molecule is CCCCOCCCNC(=O)/C(C#N)=C\N1CCc2ccccc2C1. The Morgan fingerprint density at radius 1 is 1.32 bits per heavy atom. The third-order valence-electron chi connectivity index (χ3n) is 4.23. The minimum Gasteiger partial charge on any atom is -0.381 e. The molecule has 0 saturated heterocycles.